The number of rotatable bonds is 10. The smallest absolute Gasteiger partial charge is 0.255 e. The predicted octanol–water partition coefficient (Wildman–Crippen LogP) is 4.47. The Morgan fingerprint density at radius 1 is 1.11 bits per heavy atom. The van der Waals surface area contributed by atoms with E-state index in [1.54, 1.807) is 31.2 Å². The van der Waals surface area contributed by atoms with E-state index in [9.17, 15) is 22.7 Å². The molecule has 2 heterocycles. The fourth-order valence-corrected chi connectivity index (χ4v) is 6.86. The van der Waals surface area contributed by atoms with E-state index < -0.39 is 43.3 Å². The van der Waals surface area contributed by atoms with Crippen LogP contribution in [0, 0.1) is 11.6 Å². The highest BCUT2D eigenvalue weighted by atomic mass is 32.2. The molecule has 1 saturated heterocycles. The average molecular weight is 645 g/mol. The molecule has 14 heteroatoms. The van der Waals surface area contributed by atoms with Crippen molar-refractivity contribution in [2.45, 2.75) is 40.8 Å². The summed E-state index contributed by atoms with van der Waals surface area (Å²) < 4.78 is 66.0. The number of halogens is 2. The van der Waals surface area contributed by atoms with Crippen LogP contribution in [0.2, 0.25) is 0 Å². The fourth-order valence-electron chi connectivity index (χ4n) is 4.80. The van der Waals surface area contributed by atoms with Crippen LogP contribution in [-0.4, -0.2) is 58.9 Å². The SMILES string of the molecule is C[C@H](SC1(c2ccc(C(=O)Nc3ccc(S(C)(=O)=O)cc3)cc2)OCCCO1)C(O)(Cn1cncn1)c1ccc(F)cc1F. The Morgan fingerprint density at radius 3 is 2.39 bits per heavy atom. The third kappa shape index (κ3) is 6.84. The summed E-state index contributed by atoms with van der Waals surface area (Å²) in [5.41, 5.74) is -0.741. The van der Waals surface area contributed by atoms with Crippen LogP contribution < -0.4 is 5.32 Å². The van der Waals surface area contributed by atoms with Crippen LogP contribution in [0.15, 0.2) is 84.3 Å². The van der Waals surface area contributed by atoms with Crippen LogP contribution >= 0.6 is 11.8 Å². The number of nitrogens with zero attached hydrogens (tertiary/aromatic N) is 3. The normalized spacial score (nSPS) is 17.0. The van der Waals surface area contributed by atoms with Crippen molar-refractivity contribution in [1.29, 1.82) is 0 Å². The molecule has 2 atom stereocenters. The molecule has 0 radical (unpaired) electrons. The number of benzene rings is 3. The van der Waals surface area contributed by atoms with Crippen LogP contribution in [0.25, 0.3) is 0 Å². The molecule has 0 bridgehead atoms. The predicted molar refractivity (Wildman–Crippen MR) is 159 cm³/mol. The minimum Gasteiger partial charge on any atom is -0.382 e. The number of aromatic nitrogens is 3. The van der Waals surface area contributed by atoms with Gasteiger partial charge in [-0.2, -0.15) is 5.10 Å². The second-order valence-electron chi connectivity index (χ2n) is 10.3. The van der Waals surface area contributed by atoms with Crippen LogP contribution in [-0.2, 0) is 36.6 Å². The lowest BCUT2D eigenvalue weighted by atomic mass is 9.90. The molecule has 10 nitrogen and oxygen atoms in total. The van der Waals surface area contributed by atoms with Gasteiger partial charge in [-0.05, 0) is 55.8 Å². The lowest BCUT2D eigenvalue weighted by Gasteiger charge is -2.42. The molecular weight excluding hydrogens is 614 g/mol. The highest BCUT2D eigenvalue weighted by Crippen LogP contribution is 2.48. The van der Waals surface area contributed by atoms with Crippen molar-refractivity contribution >= 4 is 33.2 Å². The van der Waals surface area contributed by atoms with Gasteiger partial charge >= 0.3 is 0 Å². The van der Waals surface area contributed by atoms with Crippen molar-refractivity contribution in [3.05, 3.63) is 108 Å². The highest BCUT2D eigenvalue weighted by Gasteiger charge is 2.47. The lowest BCUT2D eigenvalue weighted by molar-refractivity contribution is -0.213. The van der Waals surface area contributed by atoms with Crippen LogP contribution in [0.5, 0.6) is 0 Å². The number of thioether (sulfide) groups is 1. The summed E-state index contributed by atoms with van der Waals surface area (Å²) in [6.07, 6.45) is 4.41. The van der Waals surface area contributed by atoms with Crippen LogP contribution in [0.3, 0.4) is 0 Å². The summed E-state index contributed by atoms with van der Waals surface area (Å²) >= 11 is 1.11. The number of carbonyl (C=O) groups is 1. The molecule has 0 spiro atoms. The van der Waals surface area contributed by atoms with Gasteiger partial charge in [-0.15, -0.1) is 0 Å². The van der Waals surface area contributed by atoms with E-state index >= 15 is 4.39 Å². The molecule has 3 aromatic carbocycles. The fraction of sp³-hybridized carbons (Fsp3) is 0.300. The Morgan fingerprint density at radius 2 is 1.80 bits per heavy atom. The zero-order valence-electron chi connectivity index (χ0n) is 23.8. The molecule has 232 valence electrons. The van der Waals surface area contributed by atoms with E-state index in [1.165, 1.54) is 47.7 Å². The van der Waals surface area contributed by atoms with Crippen LogP contribution in [0.1, 0.15) is 34.8 Å². The first-order chi connectivity index (χ1) is 20.9. The summed E-state index contributed by atoms with van der Waals surface area (Å²) in [6.45, 7) is 2.18. The largest absolute Gasteiger partial charge is 0.382 e. The summed E-state index contributed by atoms with van der Waals surface area (Å²) in [4.78, 5) is 17.0. The highest BCUT2D eigenvalue weighted by molar-refractivity contribution is 8.00. The molecule has 2 N–H and O–H groups in total. The van der Waals surface area contributed by atoms with E-state index in [-0.39, 0.29) is 17.0 Å². The molecule has 0 aliphatic carbocycles. The number of sulfone groups is 1. The maximum absolute atomic E-state index is 15.1. The molecule has 1 aliphatic rings. The van der Waals surface area contributed by atoms with E-state index in [2.05, 4.69) is 15.4 Å². The van der Waals surface area contributed by atoms with Gasteiger partial charge in [0, 0.05) is 39.9 Å². The van der Waals surface area contributed by atoms with Gasteiger partial charge in [0.15, 0.2) is 9.84 Å². The van der Waals surface area contributed by atoms with E-state index in [4.69, 9.17) is 9.47 Å². The Balaban J connectivity index is 1.40. The quantitative estimate of drug-likeness (QED) is 0.257. The first-order valence-electron chi connectivity index (χ1n) is 13.6. The molecule has 1 fully saturated rings. The Hall–Kier alpha value is -3.69. The second-order valence-corrected chi connectivity index (χ2v) is 13.8. The first kappa shape index (κ1) is 31.7. The summed E-state index contributed by atoms with van der Waals surface area (Å²) in [6, 6.07) is 15.3. The minimum absolute atomic E-state index is 0.128. The zero-order valence-corrected chi connectivity index (χ0v) is 25.4. The van der Waals surface area contributed by atoms with Gasteiger partial charge in [0.25, 0.3) is 5.91 Å². The first-order valence-corrected chi connectivity index (χ1v) is 16.3. The van der Waals surface area contributed by atoms with Crippen molar-refractivity contribution in [2.24, 2.45) is 0 Å². The maximum Gasteiger partial charge on any atom is 0.255 e. The molecule has 5 rings (SSSR count). The van der Waals surface area contributed by atoms with Crippen molar-refractivity contribution in [3.63, 3.8) is 0 Å². The maximum atomic E-state index is 15.1. The molecule has 44 heavy (non-hydrogen) atoms. The van der Waals surface area contributed by atoms with Gasteiger partial charge < -0.3 is 19.9 Å². The van der Waals surface area contributed by atoms with Crippen molar-refractivity contribution < 1.29 is 36.6 Å². The summed E-state index contributed by atoms with van der Waals surface area (Å²) in [5.74, 6) is -2.11. The van der Waals surface area contributed by atoms with Crippen molar-refractivity contribution in [1.82, 2.24) is 14.8 Å². The van der Waals surface area contributed by atoms with Gasteiger partial charge in [-0.25, -0.2) is 26.9 Å². The Labute approximate surface area is 257 Å². The number of ether oxygens (including phenoxy) is 2. The van der Waals surface area contributed by atoms with E-state index in [0.29, 0.717) is 42.5 Å². The average Bonchev–Trinajstić information content (AvgIpc) is 3.50. The van der Waals surface area contributed by atoms with Crippen molar-refractivity contribution in [2.75, 3.05) is 24.8 Å². The molecule has 1 aromatic heterocycles. The minimum atomic E-state index is -3.37. The van der Waals surface area contributed by atoms with Gasteiger partial charge in [-0.1, -0.05) is 30.0 Å². The molecule has 1 amide bonds. The van der Waals surface area contributed by atoms with Crippen molar-refractivity contribution in [3.8, 4) is 0 Å². The third-order valence-corrected chi connectivity index (χ3v) is 9.84. The number of carbonyl (C=O) groups excluding carboxylic acids is 1. The van der Waals surface area contributed by atoms with Crippen LogP contribution in [0.4, 0.5) is 14.5 Å². The molecule has 4 aromatic rings. The van der Waals surface area contributed by atoms with Gasteiger partial charge in [0.05, 0.1) is 24.7 Å². The van der Waals surface area contributed by atoms with Gasteiger partial charge in [0.1, 0.15) is 29.9 Å². The number of anilines is 1. The summed E-state index contributed by atoms with van der Waals surface area (Å²) in [7, 11) is -3.37. The monoisotopic (exact) mass is 644 g/mol. The number of hydrogen-bond donors (Lipinski definition) is 2. The number of aliphatic hydroxyl groups is 1. The standard InChI is InChI=1S/C30H30F2N4O6S2/c1-20(29(38,17-36-19-33-18-34-36)26-13-8-23(31)16-27(26)32)43-30(41-14-3-15-42-30)22-6-4-21(5-7-22)28(37)35-24-9-11-25(12-10-24)44(2,39)40/h4-13,16,18-20,38H,3,14-15,17H2,1-2H3,(H,35,37)/t20-,29?/m0/s1. The number of amides is 1. The Bertz CT molecular complexity index is 1720. The second kappa shape index (κ2) is 12.7. The summed E-state index contributed by atoms with van der Waals surface area (Å²) in [5, 5.41) is 16.6. The zero-order chi connectivity index (χ0) is 31.5. The van der Waals surface area contributed by atoms with Gasteiger partial charge in [0.2, 0.25) is 5.12 Å². The topological polar surface area (TPSA) is 133 Å². The third-order valence-electron chi connectivity index (χ3n) is 7.19. The lowest BCUT2D eigenvalue weighted by Crippen LogP contribution is -2.45. The number of nitrogens with one attached hydrogen (secondary N) is 1. The molecule has 1 unspecified atom stereocenters. The molecule has 1 aliphatic heterocycles. The molecule has 0 saturated carbocycles. The van der Waals surface area contributed by atoms with E-state index in [1.807, 2.05) is 0 Å². The molecular formula is C30H30F2N4O6S2. The Kier molecular flexibility index (Phi) is 9.18. The number of hydrogen-bond acceptors (Lipinski definition) is 9. The van der Waals surface area contributed by atoms with E-state index in [0.717, 1.165) is 24.1 Å². The van der Waals surface area contributed by atoms with Gasteiger partial charge in [-0.3, -0.25) is 4.79 Å².